The highest BCUT2D eigenvalue weighted by atomic mass is 19.4. The van der Waals surface area contributed by atoms with Gasteiger partial charge in [0.05, 0.1) is 5.56 Å². The summed E-state index contributed by atoms with van der Waals surface area (Å²) in [5, 5.41) is 3.60. The highest BCUT2D eigenvalue weighted by molar-refractivity contribution is 5.76. The Morgan fingerprint density at radius 1 is 0.946 bits per heavy atom. The number of carbonyl (C=O) groups is 1. The molecule has 0 bridgehead atoms. The van der Waals surface area contributed by atoms with E-state index >= 15 is 0 Å². The molecule has 0 aliphatic carbocycles. The Hall–Kier alpha value is -2.74. The predicted octanol–water partition coefficient (Wildman–Crippen LogP) is 5.66. The molecular formula is C29H39F3N4O. The van der Waals surface area contributed by atoms with E-state index in [-0.39, 0.29) is 11.9 Å². The molecule has 4 rings (SSSR count). The SMILES string of the molecule is CCc1ccc(NC2CCCN(C(=O)CCCN3CCCN(c4ccc(C(F)(F)F)cc4)CC3)C2)cc1. The van der Waals surface area contributed by atoms with Crippen LogP contribution in [0.5, 0.6) is 0 Å². The number of likely N-dealkylation sites (tertiary alicyclic amines) is 1. The highest BCUT2D eigenvalue weighted by Gasteiger charge is 2.30. The molecule has 1 amide bonds. The molecule has 202 valence electrons. The van der Waals surface area contributed by atoms with Crippen LogP contribution in [0.3, 0.4) is 0 Å². The molecule has 1 N–H and O–H groups in total. The van der Waals surface area contributed by atoms with Crippen molar-refractivity contribution in [2.75, 3.05) is 56.0 Å². The number of rotatable bonds is 8. The third-order valence-corrected chi connectivity index (χ3v) is 7.52. The molecule has 1 atom stereocenters. The van der Waals surface area contributed by atoms with E-state index in [1.54, 1.807) is 12.1 Å². The summed E-state index contributed by atoms with van der Waals surface area (Å²) in [6.45, 7) is 7.99. The van der Waals surface area contributed by atoms with Gasteiger partial charge in [-0.25, -0.2) is 0 Å². The van der Waals surface area contributed by atoms with Crippen molar-refractivity contribution in [3.8, 4) is 0 Å². The Bertz CT molecular complexity index is 994. The molecule has 2 aliphatic rings. The monoisotopic (exact) mass is 516 g/mol. The Balaban J connectivity index is 1.18. The number of hydrogen-bond donors (Lipinski definition) is 1. The van der Waals surface area contributed by atoms with Gasteiger partial charge in [0.25, 0.3) is 0 Å². The van der Waals surface area contributed by atoms with Crippen LogP contribution in [0.25, 0.3) is 0 Å². The molecule has 2 heterocycles. The molecule has 1 unspecified atom stereocenters. The van der Waals surface area contributed by atoms with Crippen LogP contribution in [-0.2, 0) is 17.4 Å². The first kappa shape index (κ1) is 27.3. The van der Waals surface area contributed by atoms with Gasteiger partial charge in [-0.2, -0.15) is 13.2 Å². The number of piperidine rings is 1. The van der Waals surface area contributed by atoms with Crippen molar-refractivity contribution in [2.24, 2.45) is 0 Å². The lowest BCUT2D eigenvalue weighted by Crippen LogP contribution is -2.45. The quantitative estimate of drug-likeness (QED) is 0.491. The van der Waals surface area contributed by atoms with Gasteiger partial charge in [0.1, 0.15) is 0 Å². The van der Waals surface area contributed by atoms with E-state index in [0.717, 1.165) is 101 Å². The number of carbonyl (C=O) groups excluding carboxylic acids is 1. The van der Waals surface area contributed by atoms with Crippen LogP contribution >= 0.6 is 0 Å². The third-order valence-electron chi connectivity index (χ3n) is 7.52. The first-order valence-electron chi connectivity index (χ1n) is 13.6. The van der Waals surface area contributed by atoms with Crippen molar-refractivity contribution < 1.29 is 18.0 Å². The lowest BCUT2D eigenvalue weighted by molar-refractivity contribution is -0.137. The van der Waals surface area contributed by atoms with E-state index in [0.29, 0.717) is 6.42 Å². The standard InChI is InChI=1S/C29H39F3N4O/c1-2-23-8-12-25(13-9-23)33-26-6-3-18-36(22-26)28(37)7-4-16-34-17-5-19-35(21-20-34)27-14-10-24(11-15-27)29(30,31)32/h8-15,26,33H,2-7,16-22H2,1H3. The fourth-order valence-electron chi connectivity index (χ4n) is 5.32. The molecule has 0 radical (unpaired) electrons. The first-order chi connectivity index (χ1) is 17.8. The maximum absolute atomic E-state index is 12.9. The number of anilines is 2. The van der Waals surface area contributed by atoms with Gasteiger partial charge in [-0.1, -0.05) is 19.1 Å². The van der Waals surface area contributed by atoms with Gasteiger partial charge in [-0.3, -0.25) is 4.79 Å². The summed E-state index contributed by atoms with van der Waals surface area (Å²) in [5.74, 6) is 0.231. The van der Waals surface area contributed by atoms with Gasteiger partial charge >= 0.3 is 6.18 Å². The van der Waals surface area contributed by atoms with Gasteiger partial charge in [0.15, 0.2) is 0 Å². The van der Waals surface area contributed by atoms with E-state index in [4.69, 9.17) is 0 Å². The van der Waals surface area contributed by atoms with Crippen LogP contribution in [0, 0.1) is 0 Å². The van der Waals surface area contributed by atoms with Crippen molar-refractivity contribution in [3.63, 3.8) is 0 Å². The van der Waals surface area contributed by atoms with Crippen LogP contribution in [0.4, 0.5) is 24.5 Å². The number of aryl methyl sites for hydroxylation is 1. The van der Waals surface area contributed by atoms with Gasteiger partial charge in [0, 0.05) is 56.6 Å². The molecule has 0 aromatic heterocycles. The van der Waals surface area contributed by atoms with Crippen molar-refractivity contribution >= 4 is 17.3 Å². The fourth-order valence-corrected chi connectivity index (χ4v) is 5.32. The summed E-state index contributed by atoms with van der Waals surface area (Å²) in [4.78, 5) is 19.5. The summed E-state index contributed by atoms with van der Waals surface area (Å²) in [6.07, 6.45) is 1.14. The Labute approximate surface area is 218 Å². The Morgan fingerprint density at radius 3 is 2.41 bits per heavy atom. The molecule has 0 spiro atoms. The fraction of sp³-hybridized carbons (Fsp3) is 0.552. The number of hydrogen-bond acceptors (Lipinski definition) is 4. The second kappa shape index (κ2) is 12.7. The number of nitrogens with zero attached hydrogens (tertiary/aromatic N) is 3. The van der Waals surface area contributed by atoms with Gasteiger partial charge in [-0.05, 0) is 87.2 Å². The van der Waals surface area contributed by atoms with E-state index in [1.165, 1.54) is 5.56 Å². The van der Waals surface area contributed by atoms with Crippen LogP contribution < -0.4 is 10.2 Å². The summed E-state index contributed by atoms with van der Waals surface area (Å²) in [5.41, 5.74) is 2.66. The maximum Gasteiger partial charge on any atom is 0.416 e. The zero-order valence-electron chi connectivity index (χ0n) is 21.8. The lowest BCUT2D eigenvalue weighted by atomic mass is 10.0. The maximum atomic E-state index is 12.9. The van der Waals surface area contributed by atoms with Crippen molar-refractivity contribution in [2.45, 2.75) is 57.7 Å². The topological polar surface area (TPSA) is 38.8 Å². The molecule has 37 heavy (non-hydrogen) atoms. The molecule has 2 aromatic rings. The van der Waals surface area contributed by atoms with Gasteiger partial charge in [0.2, 0.25) is 5.91 Å². The minimum Gasteiger partial charge on any atom is -0.381 e. The summed E-state index contributed by atoms with van der Waals surface area (Å²) >= 11 is 0. The lowest BCUT2D eigenvalue weighted by Gasteiger charge is -2.34. The summed E-state index contributed by atoms with van der Waals surface area (Å²) in [6, 6.07) is 14.3. The predicted molar refractivity (Wildman–Crippen MR) is 143 cm³/mol. The van der Waals surface area contributed by atoms with Gasteiger partial charge in [-0.15, -0.1) is 0 Å². The van der Waals surface area contributed by atoms with E-state index < -0.39 is 11.7 Å². The average molecular weight is 517 g/mol. The van der Waals surface area contributed by atoms with Crippen LogP contribution in [0.2, 0.25) is 0 Å². The van der Waals surface area contributed by atoms with Crippen LogP contribution in [0.1, 0.15) is 50.2 Å². The van der Waals surface area contributed by atoms with Gasteiger partial charge < -0.3 is 20.0 Å². The third kappa shape index (κ3) is 7.87. The molecule has 0 saturated carbocycles. The molecule has 8 heteroatoms. The largest absolute Gasteiger partial charge is 0.416 e. The summed E-state index contributed by atoms with van der Waals surface area (Å²) in [7, 11) is 0. The minimum atomic E-state index is -4.31. The van der Waals surface area contributed by atoms with E-state index in [2.05, 4.69) is 46.3 Å². The normalized spacial score (nSPS) is 19.5. The van der Waals surface area contributed by atoms with Crippen molar-refractivity contribution in [1.82, 2.24) is 9.80 Å². The minimum absolute atomic E-state index is 0.231. The highest BCUT2D eigenvalue weighted by Crippen LogP contribution is 2.30. The Morgan fingerprint density at radius 2 is 1.70 bits per heavy atom. The first-order valence-corrected chi connectivity index (χ1v) is 13.6. The number of benzene rings is 2. The number of amides is 1. The molecular weight excluding hydrogens is 477 g/mol. The Kier molecular flexibility index (Phi) is 9.35. The zero-order chi connectivity index (χ0) is 26.3. The van der Waals surface area contributed by atoms with E-state index in [1.807, 2.05) is 4.90 Å². The average Bonchev–Trinajstić information content (AvgIpc) is 3.14. The van der Waals surface area contributed by atoms with Crippen molar-refractivity contribution in [3.05, 3.63) is 59.7 Å². The zero-order valence-corrected chi connectivity index (χ0v) is 21.8. The van der Waals surface area contributed by atoms with Crippen molar-refractivity contribution in [1.29, 1.82) is 0 Å². The summed E-state index contributed by atoms with van der Waals surface area (Å²) < 4.78 is 38.6. The number of nitrogens with one attached hydrogen (secondary N) is 1. The second-order valence-corrected chi connectivity index (χ2v) is 10.2. The second-order valence-electron chi connectivity index (χ2n) is 10.2. The van der Waals surface area contributed by atoms with Crippen LogP contribution in [0.15, 0.2) is 48.5 Å². The molecule has 5 nitrogen and oxygen atoms in total. The van der Waals surface area contributed by atoms with E-state index in [9.17, 15) is 18.0 Å². The van der Waals surface area contributed by atoms with Crippen LogP contribution in [-0.4, -0.2) is 67.6 Å². The molecule has 2 fully saturated rings. The smallest absolute Gasteiger partial charge is 0.381 e. The molecule has 2 saturated heterocycles. The molecule has 2 aromatic carbocycles. The molecule has 2 aliphatic heterocycles. The number of halogens is 3. The number of alkyl halides is 3.